The van der Waals surface area contributed by atoms with E-state index in [4.69, 9.17) is 0 Å². The predicted molar refractivity (Wildman–Crippen MR) is 54.0 cm³/mol. The molecule has 0 aliphatic rings. The van der Waals surface area contributed by atoms with E-state index in [-0.39, 0.29) is 0 Å². The van der Waals surface area contributed by atoms with Crippen LogP contribution in [0.1, 0.15) is 5.69 Å². The molecule has 0 unspecified atom stereocenters. The largest absolute Gasteiger partial charge is 0.341 e. The van der Waals surface area contributed by atoms with Gasteiger partial charge in [0.25, 0.3) is 0 Å². The van der Waals surface area contributed by atoms with Crippen molar-refractivity contribution in [1.82, 2.24) is 15.0 Å². The van der Waals surface area contributed by atoms with Crippen LogP contribution in [0.3, 0.4) is 0 Å². The van der Waals surface area contributed by atoms with Gasteiger partial charge in [-0.25, -0.2) is 9.97 Å². The number of fused-ring (bicyclic) bond motifs is 1. The van der Waals surface area contributed by atoms with Crippen LogP contribution in [0.5, 0.6) is 0 Å². The second-order valence-corrected chi connectivity index (χ2v) is 4.06. The molecule has 3 nitrogen and oxygen atoms in total. The minimum atomic E-state index is 0.745. The molecule has 0 aliphatic heterocycles. The van der Waals surface area contributed by atoms with Gasteiger partial charge in [-0.05, 0) is 38.8 Å². The number of rotatable bonds is 0. The summed E-state index contributed by atoms with van der Waals surface area (Å²) in [5.41, 5.74) is 2.72. The molecule has 0 fully saturated rings. The van der Waals surface area contributed by atoms with Crippen LogP contribution in [0.25, 0.3) is 11.2 Å². The highest BCUT2D eigenvalue weighted by Crippen LogP contribution is 2.25. The van der Waals surface area contributed by atoms with E-state index in [9.17, 15) is 0 Å². The Kier molecular flexibility index (Phi) is 1.92. The normalized spacial score (nSPS) is 10.9. The first-order valence-electron chi connectivity index (χ1n) is 3.35. The number of nitrogens with zero attached hydrogens (tertiary/aromatic N) is 2. The molecule has 0 aromatic carbocycles. The quantitative estimate of drug-likeness (QED) is 0.811. The molecule has 0 spiro atoms. The zero-order valence-corrected chi connectivity index (χ0v) is 9.40. The summed E-state index contributed by atoms with van der Waals surface area (Å²) in [6.45, 7) is 1.97. The molecule has 1 N–H and O–H groups in total. The van der Waals surface area contributed by atoms with E-state index in [1.54, 1.807) is 6.20 Å². The van der Waals surface area contributed by atoms with Gasteiger partial charge in [0.2, 0.25) is 0 Å². The maximum absolute atomic E-state index is 4.27. The fraction of sp³-hybridized carbons (Fsp3) is 0.143. The van der Waals surface area contributed by atoms with Gasteiger partial charge in [0.05, 0.1) is 10.7 Å². The number of aromatic amines is 1. The lowest BCUT2D eigenvalue weighted by Gasteiger charge is -1.89. The van der Waals surface area contributed by atoms with Crippen molar-refractivity contribution in [2.24, 2.45) is 0 Å². The number of aryl methyl sites for hydroxylation is 1. The van der Waals surface area contributed by atoms with Crippen LogP contribution in [0.4, 0.5) is 0 Å². The van der Waals surface area contributed by atoms with Gasteiger partial charge in [-0.15, -0.1) is 0 Å². The minimum absolute atomic E-state index is 0.745. The third-order valence-electron chi connectivity index (χ3n) is 1.59. The van der Waals surface area contributed by atoms with Crippen LogP contribution < -0.4 is 0 Å². The summed E-state index contributed by atoms with van der Waals surface area (Å²) in [5.74, 6) is 0. The third-order valence-corrected chi connectivity index (χ3v) is 2.94. The smallest absolute Gasteiger partial charge is 0.157 e. The number of hydrogen-bond acceptors (Lipinski definition) is 2. The van der Waals surface area contributed by atoms with Gasteiger partial charge in [0.15, 0.2) is 5.65 Å². The fourth-order valence-corrected chi connectivity index (χ4v) is 1.68. The molecule has 2 aromatic heterocycles. The maximum atomic E-state index is 4.27. The van der Waals surface area contributed by atoms with Crippen LogP contribution in [0, 0.1) is 6.92 Å². The summed E-state index contributed by atoms with van der Waals surface area (Å²) < 4.78 is 1.72. The Balaban J connectivity index is 2.88. The van der Waals surface area contributed by atoms with Crippen molar-refractivity contribution in [2.75, 3.05) is 0 Å². The van der Waals surface area contributed by atoms with E-state index in [1.807, 2.05) is 6.92 Å². The van der Waals surface area contributed by atoms with Crippen molar-refractivity contribution < 1.29 is 0 Å². The molecular formula is C7H5Br2N3. The molecule has 2 aromatic rings. The van der Waals surface area contributed by atoms with Gasteiger partial charge >= 0.3 is 0 Å². The summed E-state index contributed by atoms with van der Waals surface area (Å²) in [6, 6.07) is 0. The predicted octanol–water partition coefficient (Wildman–Crippen LogP) is 2.79. The number of nitrogens with one attached hydrogen (secondary N) is 1. The number of hydrogen-bond donors (Lipinski definition) is 1. The zero-order chi connectivity index (χ0) is 8.72. The topological polar surface area (TPSA) is 41.6 Å². The zero-order valence-electron chi connectivity index (χ0n) is 6.23. The highest BCUT2D eigenvalue weighted by molar-refractivity contribution is 9.11. The van der Waals surface area contributed by atoms with Crippen molar-refractivity contribution in [3.05, 3.63) is 21.0 Å². The van der Waals surface area contributed by atoms with Gasteiger partial charge in [0, 0.05) is 5.69 Å². The van der Waals surface area contributed by atoms with E-state index >= 15 is 0 Å². The number of halogens is 2. The average molecular weight is 291 g/mol. The SMILES string of the molecule is Cc1[nH]c2ncc(Br)nc2c1Br. The molecule has 0 amide bonds. The molecule has 0 saturated carbocycles. The molecule has 62 valence electrons. The van der Waals surface area contributed by atoms with Crippen LogP contribution >= 0.6 is 31.9 Å². The lowest BCUT2D eigenvalue weighted by Crippen LogP contribution is -1.80. The van der Waals surface area contributed by atoms with Crippen LogP contribution in [0.15, 0.2) is 15.3 Å². The second-order valence-electron chi connectivity index (χ2n) is 2.45. The van der Waals surface area contributed by atoms with Gasteiger partial charge in [0.1, 0.15) is 10.1 Å². The Morgan fingerprint density at radius 2 is 2.17 bits per heavy atom. The van der Waals surface area contributed by atoms with E-state index in [0.29, 0.717) is 0 Å². The van der Waals surface area contributed by atoms with E-state index < -0.39 is 0 Å². The highest BCUT2D eigenvalue weighted by atomic mass is 79.9. The Morgan fingerprint density at radius 3 is 2.92 bits per heavy atom. The second kappa shape index (κ2) is 2.81. The first kappa shape index (κ1) is 8.19. The van der Waals surface area contributed by atoms with Crippen molar-refractivity contribution >= 4 is 43.0 Å². The first-order valence-corrected chi connectivity index (χ1v) is 4.93. The van der Waals surface area contributed by atoms with Gasteiger partial charge in [-0.3, -0.25) is 0 Å². The summed E-state index contributed by atoms with van der Waals surface area (Å²) in [7, 11) is 0. The molecule has 0 bridgehead atoms. The summed E-state index contributed by atoms with van der Waals surface area (Å²) in [4.78, 5) is 11.6. The summed E-state index contributed by atoms with van der Waals surface area (Å²) >= 11 is 6.70. The van der Waals surface area contributed by atoms with Gasteiger partial charge in [-0.2, -0.15) is 0 Å². The van der Waals surface area contributed by atoms with E-state index in [2.05, 4.69) is 46.8 Å². The summed E-state index contributed by atoms with van der Waals surface area (Å²) in [5, 5.41) is 0. The lowest BCUT2D eigenvalue weighted by atomic mass is 10.4. The molecule has 0 atom stereocenters. The summed E-state index contributed by atoms with van der Waals surface area (Å²) in [6.07, 6.45) is 1.67. The van der Waals surface area contributed by atoms with E-state index in [1.165, 1.54) is 0 Å². The molecular weight excluding hydrogens is 286 g/mol. The Bertz CT molecular complexity index is 435. The Hall–Kier alpha value is -0.420. The van der Waals surface area contributed by atoms with Gasteiger partial charge in [-0.1, -0.05) is 0 Å². The van der Waals surface area contributed by atoms with E-state index in [0.717, 1.165) is 25.9 Å². The molecule has 0 radical (unpaired) electrons. The number of H-pyrrole nitrogens is 1. The van der Waals surface area contributed by atoms with Gasteiger partial charge < -0.3 is 4.98 Å². The molecule has 2 heterocycles. The Morgan fingerprint density at radius 1 is 1.42 bits per heavy atom. The third kappa shape index (κ3) is 1.17. The van der Waals surface area contributed by atoms with Crippen molar-refractivity contribution in [1.29, 1.82) is 0 Å². The van der Waals surface area contributed by atoms with Crippen molar-refractivity contribution in [2.45, 2.75) is 6.92 Å². The van der Waals surface area contributed by atoms with Crippen molar-refractivity contribution in [3.63, 3.8) is 0 Å². The number of aromatic nitrogens is 3. The van der Waals surface area contributed by atoms with Crippen LogP contribution in [-0.4, -0.2) is 15.0 Å². The Labute approximate surface area is 85.9 Å². The highest BCUT2D eigenvalue weighted by Gasteiger charge is 2.07. The monoisotopic (exact) mass is 289 g/mol. The molecule has 0 saturated heterocycles. The fourth-order valence-electron chi connectivity index (χ4n) is 1.02. The molecule has 12 heavy (non-hydrogen) atoms. The van der Waals surface area contributed by atoms with Crippen LogP contribution in [-0.2, 0) is 0 Å². The lowest BCUT2D eigenvalue weighted by molar-refractivity contribution is 1.21. The standard InChI is InChI=1S/C7H5Br2N3/c1-3-5(9)6-7(11-3)10-2-4(8)12-6/h2H,1H3,(H,10,11). The van der Waals surface area contributed by atoms with Crippen molar-refractivity contribution in [3.8, 4) is 0 Å². The molecule has 5 heteroatoms. The molecule has 2 rings (SSSR count). The average Bonchev–Trinajstić information content (AvgIpc) is 2.31. The minimum Gasteiger partial charge on any atom is -0.341 e. The maximum Gasteiger partial charge on any atom is 0.157 e. The van der Waals surface area contributed by atoms with Crippen LogP contribution in [0.2, 0.25) is 0 Å². The molecule has 0 aliphatic carbocycles. The first-order chi connectivity index (χ1) is 5.68.